The second-order valence-corrected chi connectivity index (χ2v) is 3.91. The van der Waals surface area contributed by atoms with Crippen molar-refractivity contribution in [1.29, 1.82) is 0 Å². The van der Waals surface area contributed by atoms with Crippen molar-refractivity contribution in [2.75, 3.05) is 6.61 Å². The number of hydrogen-bond acceptors (Lipinski definition) is 1. The van der Waals surface area contributed by atoms with E-state index >= 15 is 0 Å². The highest BCUT2D eigenvalue weighted by Crippen LogP contribution is 2.21. The Morgan fingerprint density at radius 2 is 1.90 bits per heavy atom. The fourth-order valence-corrected chi connectivity index (χ4v) is 1.41. The van der Waals surface area contributed by atoms with Gasteiger partial charge in [0, 0.05) is 0 Å². The van der Waals surface area contributed by atoms with Gasteiger partial charge in [-0.05, 0) is 12.8 Å². The van der Waals surface area contributed by atoms with E-state index in [2.05, 4.69) is 0 Å². The average molecular weight is 183 g/mol. The van der Waals surface area contributed by atoms with Crippen LogP contribution in [0, 0.1) is 0 Å². The molecule has 3 heteroatoms. The van der Waals surface area contributed by atoms with E-state index in [0.29, 0.717) is 12.7 Å². The van der Waals surface area contributed by atoms with Gasteiger partial charge >= 0.3 is 0 Å². The molecule has 0 atom stereocenters. The third-order valence-corrected chi connectivity index (χ3v) is 2.01. The summed E-state index contributed by atoms with van der Waals surface area (Å²) < 4.78 is 5.40. The zero-order chi connectivity index (χ0) is 7.40. The summed E-state index contributed by atoms with van der Waals surface area (Å²) in [4.78, 5) is -0.361. The molecular formula is C7H12Cl2O. The lowest BCUT2D eigenvalue weighted by Crippen LogP contribution is -2.12. The van der Waals surface area contributed by atoms with Crippen LogP contribution in [0.1, 0.15) is 25.7 Å². The largest absolute Gasteiger partial charge is 0.375 e. The fourth-order valence-electron chi connectivity index (χ4n) is 1.26. The van der Waals surface area contributed by atoms with E-state index < -0.39 is 0 Å². The van der Waals surface area contributed by atoms with Crippen LogP contribution in [0.3, 0.4) is 0 Å². The molecule has 1 aliphatic carbocycles. The van der Waals surface area contributed by atoms with Crippen LogP contribution in [0.25, 0.3) is 0 Å². The van der Waals surface area contributed by atoms with Gasteiger partial charge in [-0.15, -0.1) is 23.2 Å². The molecular weight excluding hydrogens is 171 g/mol. The Labute approximate surface area is 71.6 Å². The Kier molecular flexibility index (Phi) is 3.82. The van der Waals surface area contributed by atoms with Crippen molar-refractivity contribution in [3.63, 3.8) is 0 Å². The van der Waals surface area contributed by atoms with Crippen molar-refractivity contribution in [1.82, 2.24) is 0 Å². The lowest BCUT2D eigenvalue weighted by molar-refractivity contribution is 0.0661. The van der Waals surface area contributed by atoms with Gasteiger partial charge in [0.2, 0.25) is 0 Å². The predicted octanol–water partition coefficient (Wildman–Crippen LogP) is 2.75. The van der Waals surface area contributed by atoms with Gasteiger partial charge in [0.1, 0.15) is 4.84 Å². The fraction of sp³-hybridized carbons (Fsp3) is 1.00. The minimum atomic E-state index is -0.361. The van der Waals surface area contributed by atoms with Crippen LogP contribution in [0.5, 0.6) is 0 Å². The van der Waals surface area contributed by atoms with Crippen LogP contribution >= 0.6 is 23.2 Å². The molecule has 0 spiro atoms. The maximum absolute atomic E-state index is 5.50. The Morgan fingerprint density at radius 3 is 2.40 bits per heavy atom. The number of rotatable bonds is 3. The minimum absolute atomic E-state index is 0.361. The Hall–Kier alpha value is 0.540. The molecule has 0 aromatic heterocycles. The summed E-state index contributed by atoms with van der Waals surface area (Å²) in [6, 6.07) is 0. The van der Waals surface area contributed by atoms with Gasteiger partial charge in [0.15, 0.2) is 0 Å². The van der Waals surface area contributed by atoms with Crippen molar-refractivity contribution >= 4 is 23.2 Å². The molecule has 0 amide bonds. The third-order valence-electron chi connectivity index (χ3n) is 1.76. The Balaban J connectivity index is 2.01. The second-order valence-electron chi connectivity index (χ2n) is 2.63. The van der Waals surface area contributed by atoms with E-state index in [4.69, 9.17) is 27.9 Å². The van der Waals surface area contributed by atoms with Gasteiger partial charge in [0.05, 0.1) is 12.7 Å². The number of alkyl halides is 2. The van der Waals surface area contributed by atoms with Crippen LogP contribution in [0.4, 0.5) is 0 Å². The van der Waals surface area contributed by atoms with Crippen LogP contribution in [0.2, 0.25) is 0 Å². The molecule has 0 aromatic rings. The molecule has 1 nitrogen and oxygen atoms in total. The molecule has 1 rings (SSSR count). The van der Waals surface area contributed by atoms with Gasteiger partial charge in [-0.2, -0.15) is 0 Å². The molecule has 0 aliphatic heterocycles. The third kappa shape index (κ3) is 3.09. The summed E-state index contributed by atoms with van der Waals surface area (Å²) in [5.74, 6) is 0. The summed E-state index contributed by atoms with van der Waals surface area (Å²) >= 11 is 11.0. The highest BCUT2D eigenvalue weighted by molar-refractivity contribution is 6.44. The summed E-state index contributed by atoms with van der Waals surface area (Å²) in [5.41, 5.74) is 0. The molecule has 0 heterocycles. The van der Waals surface area contributed by atoms with E-state index in [0.717, 1.165) is 0 Å². The predicted molar refractivity (Wildman–Crippen MR) is 43.7 cm³/mol. The van der Waals surface area contributed by atoms with E-state index in [1.165, 1.54) is 25.7 Å². The smallest absolute Gasteiger partial charge is 0.131 e. The first-order valence-corrected chi connectivity index (χ1v) is 4.56. The lowest BCUT2D eigenvalue weighted by atomic mass is 10.3. The summed E-state index contributed by atoms with van der Waals surface area (Å²) in [5, 5.41) is 0. The van der Waals surface area contributed by atoms with E-state index in [1.54, 1.807) is 0 Å². The highest BCUT2D eigenvalue weighted by atomic mass is 35.5. The molecule has 0 radical (unpaired) electrons. The highest BCUT2D eigenvalue weighted by Gasteiger charge is 2.15. The number of halogens is 2. The van der Waals surface area contributed by atoms with Crippen LogP contribution < -0.4 is 0 Å². The van der Waals surface area contributed by atoms with Crippen molar-refractivity contribution < 1.29 is 4.74 Å². The Bertz CT molecular complexity index is 89.6. The molecule has 10 heavy (non-hydrogen) atoms. The van der Waals surface area contributed by atoms with Crippen molar-refractivity contribution in [3.8, 4) is 0 Å². The van der Waals surface area contributed by atoms with Crippen molar-refractivity contribution in [3.05, 3.63) is 0 Å². The van der Waals surface area contributed by atoms with E-state index in [-0.39, 0.29) is 4.84 Å². The van der Waals surface area contributed by atoms with Gasteiger partial charge in [-0.3, -0.25) is 0 Å². The van der Waals surface area contributed by atoms with Gasteiger partial charge in [-0.1, -0.05) is 12.8 Å². The quantitative estimate of drug-likeness (QED) is 0.611. The van der Waals surface area contributed by atoms with Gasteiger partial charge in [0.25, 0.3) is 0 Å². The molecule has 0 aromatic carbocycles. The zero-order valence-corrected chi connectivity index (χ0v) is 7.37. The molecule has 60 valence electrons. The average Bonchev–Trinajstić information content (AvgIpc) is 2.34. The SMILES string of the molecule is ClC(Cl)COC1CCCC1. The molecule has 0 unspecified atom stereocenters. The first-order chi connectivity index (χ1) is 4.79. The summed E-state index contributed by atoms with van der Waals surface area (Å²) in [6.45, 7) is 0.480. The van der Waals surface area contributed by atoms with Gasteiger partial charge < -0.3 is 4.74 Å². The lowest BCUT2D eigenvalue weighted by Gasteiger charge is -2.10. The zero-order valence-electron chi connectivity index (χ0n) is 5.85. The maximum atomic E-state index is 5.50. The Morgan fingerprint density at radius 1 is 1.30 bits per heavy atom. The summed E-state index contributed by atoms with van der Waals surface area (Å²) in [7, 11) is 0. The molecule has 1 aliphatic rings. The maximum Gasteiger partial charge on any atom is 0.131 e. The van der Waals surface area contributed by atoms with Crippen LogP contribution in [-0.2, 0) is 4.74 Å². The van der Waals surface area contributed by atoms with Crippen LogP contribution in [-0.4, -0.2) is 17.5 Å². The molecule has 1 saturated carbocycles. The first-order valence-electron chi connectivity index (χ1n) is 3.69. The molecule has 0 N–H and O–H groups in total. The van der Waals surface area contributed by atoms with E-state index in [1.807, 2.05) is 0 Å². The van der Waals surface area contributed by atoms with Gasteiger partial charge in [-0.25, -0.2) is 0 Å². The minimum Gasteiger partial charge on any atom is -0.375 e. The number of hydrogen-bond donors (Lipinski definition) is 0. The normalized spacial score (nSPS) is 20.7. The molecule has 1 fully saturated rings. The standard InChI is InChI=1S/C7H12Cl2O/c8-7(9)5-10-6-3-1-2-4-6/h6-7H,1-5H2. The van der Waals surface area contributed by atoms with Crippen LogP contribution in [0.15, 0.2) is 0 Å². The topological polar surface area (TPSA) is 9.23 Å². The van der Waals surface area contributed by atoms with E-state index in [9.17, 15) is 0 Å². The van der Waals surface area contributed by atoms with Crippen molar-refractivity contribution in [2.24, 2.45) is 0 Å². The first kappa shape index (κ1) is 8.63. The second kappa shape index (κ2) is 4.42. The summed E-state index contributed by atoms with van der Waals surface area (Å²) in [6.07, 6.45) is 5.38. The monoisotopic (exact) mass is 182 g/mol. The molecule has 0 saturated heterocycles. The van der Waals surface area contributed by atoms with Crippen molar-refractivity contribution in [2.45, 2.75) is 36.6 Å². The molecule has 0 bridgehead atoms. The number of ether oxygens (including phenoxy) is 1.